The minimum absolute atomic E-state index is 0.245. The van der Waals surface area contributed by atoms with Gasteiger partial charge in [0.2, 0.25) is 34.9 Å². The summed E-state index contributed by atoms with van der Waals surface area (Å²) in [6.45, 7) is 1.76. The van der Waals surface area contributed by atoms with Gasteiger partial charge in [-0.1, -0.05) is 12.1 Å². The maximum Gasteiger partial charge on any atom is 0.207 e. The maximum atomic E-state index is 13.9. The molecule has 2 aromatic carbocycles. The number of methoxy groups -OCH3 is 1. The van der Waals surface area contributed by atoms with E-state index in [2.05, 4.69) is 21.0 Å². The fourth-order valence-corrected chi connectivity index (χ4v) is 3.47. The van der Waals surface area contributed by atoms with Gasteiger partial charge in [0, 0.05) is 12.1 Å². The monoisotopic (exact) mass is 530 g/mol. The number of hydrogen-bond donors (Lipinski definition) is 0. The Morgan fingerprint density at radius 2 is 1.73 bits per heavy atom. The van der Waals surface area contributed by atoms with Crippen molar-refractivity contribution in [2.75, 3.05) is 7.11 Å². The number of rotatable bonds is 8. The lowest BCUT2D eigenvalue weighted by molar-refractivity contribution is 0.103. The Morgan fingerprint density at radius 3 is 2.33 bits per heavy atom. The predicted octanol–water partition coefficient (Wildman–Crippen LogP) is 5.84. The Labute approximate surface area is 193 Å². The highest BCUT2D eigenvalue weighted by atomic mass is 79.9. The zero-order valence-corrected chi connectivity index (χ0v) is 18.9. The number of carbonyl (C=O) groups excluding carboxylic acids is 1. The number of carbonyl (C=O) groups is 1. The van der Waals surface area contributed by atoms with Crippen molar-refractivity contribution in [3.05, 3.63) is 80.9 Å². The van der Waals surface area contributed by atoms with Crippen molar-refractivity contribution in [3.63, 3.8) is 0 Å². The van der Waals surface area contributed by atoms with Gasteiger partial charge in [-0.25, -0.2) is 13.2 Å². The molecule has 0 saturated carbocycles. The van der Waals surface area contributed by atoms with E-state index in [1.165, 1.54) is 42.3 Å². The predicted molar refractivity (Wildman–Crippen MR) is 113 cm³/mol. The Hall–Kier alpha value is -3.21. The smallest absolute Gasteiger partial charge is 0.207 e. The van der Waals surface area contributed by atoms with Gasteiger partial charge in [-0.05, 0) is 46.6 Å². The number of ether oxygens (including phenoxy) is 2. The molecule has 0 saturated heterocycles. The molecule has 3 aromatic rings. The normalized spacial score (nSPS) is 11.3. The van der Waals surface area contributed by atoms with E-state index < -0.39 is 41.4 Å². The molecule has 0 aliphatic rings. The summed E-state index contributed by atoms with van der Waals surface area (Å²) in [5, 5.41) is 4.08. The molecule has 0 spiro atoms. The fourth-order valence-electron chi connectivity index (χ4n) is 2.97. The van der Waals surface area contributed by atoms with Crippen LogP contribution >= 0.6 is 15.9 Å². The minimum Gasteiger partial charge on any atom is -0.496 e. The second-order valence-electron chi connectivity index (χ2n) is 6.61. The van der Waals surface area contributed by atoms with Crippen molar-refractivity contribution in [3.8, 4) is 11.5 Å². The highest BCUT2D eigenvalue weighted by Gasteiger charge is 2.27. The highest BCUT2D eigenvalue weighted by Crippen LogP contribution is 2.31. The molecule has 0 aliphatic heterocycles. The largest absolute Gasteiger partial charge is 0.496 e. The second kappa shape index (κ2) is 10.2. The van der Waals surface area contributed by atoms with Crippen LogP contribution < -0.4 is 9.47 Å². The lowest BCUT2D eigenvalue weighted by Crippen LogP contribution is -2.08. The van der Waals surface area contributed by atoms with Crippen LogP contribution in [0.1, 0.15) is 28.5 Å². The zero-order chi connectivity index (χ0) is 24.3. The molecule has 5 nitrogen and oxygen atoms in total. The van der Waals surface area contributed by atoms with Crippen LogP contribution in [-0.4, -0.2) is 22.7 Å². The van der Waals surface area contributed by atoms with Crippen molar-refractivity contribution >= 4 is 27.8 Å². The van der Waals surface area contributed by atoms with E-state index >= 15 is 0 Å². The van der Waals surface area contributed by atoms with Crippen LogP contribution in [0.2, 0.25) is 0 Å². The highest BCUT2D eigenvalue weighted by molar-refractivity contribution is 9.10. The third kappa shape index (κ3) is 4.92. The summed E-state index contributed by atoms with van der Waals surface area (Å²) in [4.78, 5) is 12.6. The Bertz CT molecular complexity index is 1210. The van der Waals surface area contributed by atoms with Gasteiger partial charge < -0.3 is 9.47 Å². The third-order valence-electron chi connectivity index (χ3n) is 4.60. The van der Waals surface area contributed by atoms with E-state index in [4.69, 9.17) is 9.47 Å². The molecule has 1 heterocycles. The van der Waals surface area contributed by atoms with Crippen LogP contribution in [0.25, 0.3) is 6.08 Å². The summed E-state index contributed by atoms with van der Waals surface area (Å²) in [5.74, 6) is -12.1. The average Bonchev–Trinajstić information content (AvgIpc) is 3.20. The minimum atomic E-state index is -2.28. The number of allylic oxidation sites excluding steroid dienone is 1. The molecule has 3 rings (SSSR count). The first-order chi connectivity index (χ1) is 15.7. The van der Waals surface area contributed by atoms with Crippen LogP contribution in [0, 0.1) is 29.1 Å². The fraction of sp³-hybridized carbons (Fsp3) is 0.182. The zero-order valence-electron chi connectivity index (χ0n) is 17.3. The maximum absolute atomic E-state index is 13.9. The first kappa shape index (κ1) is 24.4. The Balaban J connectivity index is 1.86. The summed E-state index contributed by atoms with van der Waals surface area (Å²) in [5.41, 5.74) is 1.10. The van der Waals surface area contributed by atoms with Crippen molar-refractivity contribution in [1.82, 2.24) is 9.78 Å². The van der Waals surface area contributed by atoms with E-state index in [0.717, 1.165) is 0 Å². The van der Waals surface area contributed by atoms with Gasteiger partial charge in [0.05, 0.1) is 17.8 Å². The summed E-state index contributed by atoms with van der Waals surface area (Å²) in [7, 11) is 1.33. The molecule has 33 heavy (non-hydrogen) atoms. The molecule has 0 amide bonds. The lowest BCUT2D eigenvalue weighted by atomic mass is 10.1. The molecule has 0 unspecified atom stereocenters. The first-order valence-electron chi connectivity index (χ1n) is 9.44. The van der Waals surface area contributed by atoms with Crippen LogP contribution in [-0.2, 0) is 13.2 Å². The van der Waals surface area contributed by atoms with Crippen LogP contribution in [0.15, 0.2) is 34.9 Å². The van der Waals surface area contributed by atoms with E-state index in [1.54, 1.807) is 6.07 Å². The van der Waals surface area contributed by atoms with Gasteiger partial charge in [0.1, 0.15) is 18.1 Å². The Kier molecular flexibility index (Phi) is 7.52. The summed E-state index contributed by atoms with van der Waals surface area (Å²) < 4.78 is 79.9. The topological polar surface area (TPSA) is 53.4 Å². The van der Waals surface area contributed by atoms with Crippen molar-refractivity contribution in [1.29, 1.82) is 0 Å². The molecule has 0 bridgehead atoms. The van der Waals surface area contributed by atoms with Crippen LogP contribution in [0.3, 0.4) is 0 Å². The van der Waals surface area contributed by atoms with Gasteiger partial charge in [-0.15, -0.1) is 0 Å². The quantitative estimate of drug-likeness (QED) is 0.121. The van der Waals surface area contributed by atoms with Crippen molar-refractivity contribution in [2.24, 2.45) is 0 Å². The van der Waals surface area contributed by atoms with Gasteiger partial charge in [-0.2, -0.15) is 13.9 Å². The van der Waals surface area contributed by atoms with Crippen molar-refractivity contribution in [2.45, 2.75) is 20.1 Å². The van der Waals surface area contributed by atoms with Crippen molar-refractivity contribution < 1.29 is 36.2 Å². The molecular formula is C22H16BrF5N2O3. The molecule has 0 N–H and O–H groups in total. The number of halogens is 6. The molecule has 0 radical (unpaired) electrons. The molecule has 0 atom stereocenters. The Morgan fingerprint density at radius 1 is 1.09 bits per heavy atom. The molecule has 1 aromatic heterocycles. The number of benzene rings is 2. The number of hydrogen-bond acceptors (Lipinski definition) is 4. The van der Waals surface area contributed by atoms with E-state index in [-0.39, 0.29) is 17.1 Å². The number of nitrogens with zero attached hydrogens (tertiary/aromatic N) is 2. The van der Waals surface area contributed by atoms with Crippen LogP contribution in [0.4, 0.5) is 22.0 Å². The molecule has 0 fully saturated rings. The first-order valence-corrected chi connectivity index (χ1v) is 10.2. The summed E-state index contributed by atoms with van der Waals surface area (Å²) in [6, 6.07) is 4.60. The summed E-state index contributed by atoms with van der Waals surface area (Å²) >= 11 is 3.27. The van der Waals surface area contributed by atoms with E-state index in [0.29, 0.717) is 22.3 Å². The van der Waals surface area contributed by atoms with E-state index in [9.17, 15) is 26.7 Å². The number of aryl methyl sites for hydroxylation is 1. The van der Waals surface area contributed by atoms with Gasteiger partial charge in [-0.3, -0.25) is 9.48 Å². The standard InChI is InChI=1S/C22H16BrF5N2O3/c1-3-30-21(13(23)9-29-30)14(31)6-4-11-5-7-15(32-2)12(8-11)10-33-22-19(27)17(25)16(24)18(26)20(22)28/h4-9H,3,10H2,1-2H3/b6-4+. The second-order valence-corrected chi connectivity index (χ2v) is 7.47. The van der Waals surface area contributed by atoms with Gasteiger partial charge in [0.15, 0.2) is 5.75 Å². The molecule has 0 aliphatic carbocycles. The third-order valence-corrected chi connectivity index (χ3v) is 5.18. The average molecular weight is 531 g/mol. The molecule has 174 valence electrons. The number of ketones is 1. The number of aromatic nitrogens is 2. The SMILES string of the molecule is CCn1ncc(Br)c1C(=O)/C=C/c1ccc(OC)c(COc2c(F)c(F)c(F)c(F)c2F)c1. The van der Waals surface area contributed by atoms with Gasteiger partial charge >= 0.3 is 0 Å². The van der Waals surface area contributed by atoms with Crippen LogP contribution in [0.5, 0.6) is 11.5 Å². The lowest BCUT2D eigenvalue weighted by Gasteiger charge is -2.13. The molecular weight excluding hydrogens is 515 g/mol. The molecule has 11 heteroatoms. The van der Waals surface area contributed by atoms with Gasteiger partial charge in [0.25, 0.3) is 0 Å². The van der Waals surface area contributed by atoms with E-state index in [1.807, 2.05) is 6.92 Å². The summed E-state index contributed by atoms with van der Waals surface area (Å²) in [6.07, 6.45) is 4.31.